The van der Waals surface area contributed by atoms with E-state index in [0.29, 0.717) is 31.0 Å². The summed E-state index contributed by atoms with van der Waals surface area (Å²) in [6, 6.07) is 13.6. The molecule has 5 heteroatoms. The molecule has 0 aliphatic rings. The van der Waals surface area contributed by atoms with Crippen molar-refractivity contribution in [3.8, 4) is 11.5 Å². The fourth-order valence-corrected chi connectivity index (χ4v) is 2.69. The number of hydrogen-bond donors (Lipinski definition) is 1. The van der Waals surface area contributed by atoms with Crippen LogP contribution in [-0.4, -0.2) is 33.2 Å². The molecule has 1 amide bonds. The van der Waals surface area contributed by atoms with E-state index in [1.165, 1.54) is 0 Å². The third-order valence-electron chi connectivity index (χ3n) is 3.98. The van der Waals surface area contributed by atoms with Gasteiger partial charge >= 0.3 is 0 Å². The fourth-order valence-electron chi connectivity index (χ4n) is 2.69. The maximum Gasteiger partial charge on any atom is 0.228 e. The number of ether oxygens (including phenoxy) is 2. The molecule has 2 aromatic carbocycles. The molecule has 0 aromatic heterocycles. The minimum atomic E-state index is 0.0982. The molecule has 0 heterocycles. The van der Waals surface area contributed by atoms with Crippen LogP contribution in [0.15, 0.2) is 42.5 Å². The average Bonchev–Trinajstić information content (AvgIpc) is 2.62. The van der Waals surface area contributed by atoms with Gasteiger partial charge in [0.2, 0.25) is 5.91 Å². The molecule has 0 spiro atoms. The molecular formula is C20H26N2O3. The first kappa shape index (κ1) is 18.6. The number of nitrogens with zero attached hydrogens (tertiary/aromatic N) is 1. The molecule has 0 bridgehead atoms. The van der Waals surface area contributed by atoms with Gasteiger partial charge in [-0.3, -0.25) is 4.79 Å². The van der Waals surface area contributed by atoms with Gasteiger partial charge in [0.15, 0.2) is 11.5 Å². The second-order valence-electron chi connectivity index (χ2n) is 5.72. The van der Waals surface area contributed by atoms with Crippen molar-refractivity contribution in [2.24, 2.45) is 0 Å². The number of carbonyl (C=O) groups is 1. The fraction of sp³-hybridized carbons (Fsp3) is 0.350. The molecule has 2 aromatic rings. The van der Waals surface area contributed by atoms with Crippen molar-refractivity contribution in [3.05, 3.63) is 48.0 Å². The van der Waals surface area contributed by atoms with Crippen LogP contribution in [0, 0.1) is 6.92 Å². The number of methoxy groups -OCH3 is 2. The topological polar surface area (TPSA) is 50.8 Å². The van der Waals surface area contributed by atoms with E-state index < -0.39 is 0 Å². The maximum atomic E-state index is 12.5. The highest BCUT2D eigenvalue weighted by Gasteiger charge is 2.13. The van der Waals surface area contributed by atoms with Gasteiger partial charge in [-0.2, -0.15) is 0 Å². The van der Waals surface area contributed by atoms with E-state index in [4.69, 9.17) is 9.47 Å². The number of carbonyl (C=O) groups excluding carboxylic acids is 1. The maximum absolute atomic E-state index is 12.5. The number of hydrogen-bond acceptors (Lipinski definition) is 4. The van der Waals surface area contributed by atoms with Crippen molar-refractivity contribution in [2.75, 3.05) is 37.5 Å². The predicted molar refractivity (Wildman–Crippen MR) is 102 cm³/mol. The first-order valence-electron chi connectivity index (χ1n) is 8.42. The average molecular weight is 342 g/mol. The summed E-state index contributed by atoms with van der Waals surface area (Å²) in [6.07, 6.45) is 0.413. The summed E-state index contributed by atoms with van der Waals surface area (Å²) in [5, 5.41) is 3.26. The van der Waals surface area contributed by atoms with E-state index >= 15 is 0 Å². The zero-order valence-electron chi connectivity index (χ0n) is 15.3. The lowest BCUT2D eigenvalue weighted by Crippen LogP contribution is -2.31. The van der Waals surface area contributed by atoms with Crippen LogP contribution in [0.25, 0.3) is 0 Å². The molecule has 0 atom stereocenters. The van der Waals surface area contributed by atoms with Crippen LogP contribution in [0.2, 0.25) is 0 Å². The lowest BCUT2D eigenvalue weighted by Gasteiger charge is -2.21. The molecule has 25 heavy (non-hydrogen) atoms. The molecule has 0 unspecified atom stereocenters. The van der Waals surface area contributed by atoms with Gasteiger partial charge in [0.25, 0.3) is 0 Å². The van der Waals surface area contributed by atoms with Gasteiger partial charge in [-0.15, -0.1) is 0 Å². The molecule has 0 saturated heterocycles. The van der Waals surface area contributed by atoms with Gasteiger partial charge in [0.1, 0.15) is 0 Å². The van der Waals surface area contributed by atoms with Crippen LogP contribution in [-0.2, 0) is 4.79 Å². The summed E-state index contributed by atoms with van der Waals surface area (Å²) in [5.41, 5.74) is 2.98. The lowest BCUT2D eigenvalue weighted by atomic mass is 10.2. The first-order valence-corrected chi connectivity index (χ1v) is 8.42. The van der Waals surface area contributed by atoms with Crippen LogP contribution in [0.3, 0.4) is 0 Å². The number of aryl methyl sites for hydroxylation is 1. The molecule has 0 aliphatic heterocycles. The van der Waals surface area contributed by atoms with Crippen LogP contribution < -0.4 is 19.7 Å². The van der Waals surface area contributed by atoms with Gasteiger partial charge in [-0.25, -0.2) is 0 Å². The summed E-state index contributed by atoms with van der Waals surface area (Å²) in [4.78, 5) is 14.3. The third-order valence-corrected chi connectivity index (χ3v) is 3.98. The molecule has 0 radical (unpaired) electrons. The second-order valence-corrected chi connectivity index (χ2v) is 5.72. The van der Waals surface area contributed by atoms with Crippen molar-refractivity contribution < 1.29 is 14.3 Å². The van der Waals surface area contributed by atoms with E-state index in [9.17, 15) is 4.79 Å². The van der Waals surface area contributed by atoms with Gasteiger partial charge in [-0.05, 0) is 43.7 Å². The van der Waals surface area contributed by atoms with E-state index in [1.807, 2.05) is 61.2 Å². The van der Waals surface area contributed by atoms with Crippen molar-refractivity contribution >= 4 is 17.3 Å². The Labute approximate surface area is 149 Å². The standard InChI is InChI=1S/C20H26N2O3/c1-5-22(17-8-6-7-15(2)13-17)20(23)11-12-21-16-9-10-18(24-3)19(14-16)25-4/h6-10,13-14,21H,5,11-12H2,1-4H3. The second kappa shape index (κ2) is 8.97. The monoisotopic (exact) mass is 342 g/mol. The van der Waals surface area contributed by atoms with Gasteiger partial charge in [-0.1, -0.05) is 12.1 Å². The summed E-state index contributed by atoms with van der Waals surface area (Å²) in [7, 11) is 3.21. The Kier molecular flexibility index (Phi) is 6.69. The van der Waals surface area contributed by atoms with Gasteiger partial charge in [0.05, 0.1) is 14.2 Å². The molecule has 1 N–H and O–H groups in total. The number of benzene rings is 2. The SMILES string of the molecule is CCN(C(=O)CCNc1ccc(OC)c(OC)c1)c1cccc(C)c1. The molecule has 5 nitrogen and oxygen atoms in total. The van der Waals surface area contributed by atoms with Gasteiger partial charge in [0, 0.05) is 37.0 Å². The minimum Gasteiger partial charge on any atom is -0.493 e. The highest BCUT2D eigenvalue weighted by Crippen LogP contribution is 2.29. The van der Waals surface area contributed by atoms with E-state index in [0.717, 1.165) is 16.9 Å². The third kappa shape index (κ3) is 4.89. The Morgan fingerprint density at radius 2 is 1.84 bits per heavy atom. The molecular weight excluding hydrogens is 316 g/mol. The Bertz CT molecular complexity index is 716. The molecule has 2 rings (SSSR count). The van der Waals surface area contributed by atoms with E-state index in [2.05, 4.69) is 5.32 Å². The molecule has 0 aliphatic carbocycles. The number of amides is 1. The highest BCUT2D eigenvalue weighted by atomic mass is 16.5. The van der Waals surface area contributed by atoms with E-state index in [1.54, 1.807) is 14.2 Å². The Balaban J connectivity index is 1.95. The molecule has 134 valence electrons. The minimum absolute atomic E-state index is 0.0982. The van der Waals surface area contributed by atoms with Crippen molar-refractivity contribution in [3.63, 3.8) is 0 Å². The summed E-state index contributed by atoms with van der Waals surface area (Å²) < 4.78 is 10.5. The normalized spacial score (nSPS) is 10.2. The number of rotatable bonds is 8. The number of nitrogens with one attached hydrogen (secondary N) is 1. The van der Waals surface area contributed by atoms with Crippen LogP contribution in [0.1, 0.15) is 18.9 Å². The summed E-state index contributed by atoms with van der Waals surface area (Å²) in [5.74, 6) is 1.44. The zero-order valence-corrected chi connectivity index (χ0v) is 15.3. The largest absolute Gasteiger partial charge is 0.493 e. The van der Waals surface area contributed by atoms with Crippen LogP contribution >= 0.6 is 0 Å². The highest BCUT2D eigenvalue weighted by molar-refractivity contribution is 5.93. The van der Waals surface area contributed by atoms with E-state index in [-0.39, 0.29) is 5.91 Å². The van der Waals surface area contributed by atoms with Gasteiger partial charge < -0.3 is 19.7 Å². The van der Waals surface area contributed by atoms with Crippen molar-refractivity contribution in [2.45, 2.75) is 20.3 Å². The lowest BCUT2D eigenvalue weighted by molar-refractivity contribution is -0.118. The zero-order chi connectivity index (χ0) is 18.2. The Morgan fingerprint density at radius 1 is 1.08 bits per heavy atom. The molecule has 0 fully saturated rings. The molecule has 0 saturated carbocycles. The Morgan fingerprint density at radius 3 is 2.48 bits per heavy atom. The number of anilines is 2. The smallest absolute Gasteiger partial charge is 0.228 e. The van der Waals surface area contributed by atoms with Crippen LogP contribution in [0.4, 0.5) is 11.4 Å². The van der Waals surface area contributed by atoms with Crippen LogP contribution in [0.5, 0.6) is 11.5 Å². The summed E-state index contributed by atoms with van der Waals surface area (Å²) in [6.45, 7) is 5.22. The summed E-state index contributed by atoms with van der Waals surface area (Å²) >= 11 is 0. The Hall–Kier alpha value is -2.69. The van der Waals surface area contributed by atoms with Crippen molar-refractivity contribution in [1.82, 2.24) is 0 Å². The first-order chi connectivity index (χ1) is 12.1. The predicted octanol–water partition coefficient (Wildman–Crippen LogP) is 3.87. The van der Waals surface area contributed by atoms with Crippen molar-refractivity contribution in [1.29, 1.82) is 0 Å². The quantitative estimate of drug-likeness (QED) is 0.791.